The molecular formula is C22H36N4O3. The van der Waals surface area contributed by atoms with Gasteiger partial charge in [0.1, 0.15) is 6.04 Å². The Morgan fingerprint density at radius 3 is 2.21 bits per heavy atom. The van der Waals surface area contributed by atoms with Crippen LogP contribution in [-0.4, -0.2) is 62.4 Å². The number of benzene rings is 1. The van der Waals surface area contributed by atoms with Crippen LogP contribution in [0.1, 0.15) is 44.2 Å². The number of amides is 3. The summed E-state index contributed by atoms with van der Waals surface area (Å²) in [5.74, 6) is -0.782. The molecule has 1 rings (SSSR count). The van der Waals surface area contributed by atoms with Crippen LogP contribution in [0.4, 0.5) is 0 Å². The number of aryl methyl sites for hydroxylation is 2. The van der Waals surface area contributed by atoms with Gasteiger partial charge < -0.3 is 20.9 Å². The summed E-state index contributed by atoms with van der Waals surface area (Å²) in [7, 11) is 3.69. The van der Waals surface area contributed by atoms with Gasteiger partial charge in [0, 0.05) is 19.5 Å². The van der Waals surface area contributed by atoms with Gasteiger partial charge in [0.05, 0.1) is 6.54 Å². The Kier molecular flexibility index (Phi) is 11.6. The van der Waals surface area contributed by atoms with Crippen molar-refractivity contribution in [2.75, 3.05) is 33.7 Å². The van der Waals surface area contributed by atoms with E-state index in [0.717, 1.165) is 25.7 Å². The van der Waals surface area contributed by atoms with Crippen LogP contribution in [0.2, 0.25) is 0 Å². The highest BCUT2D eigenvalue weighted by atomic mass is 16.2. The van der Waals surface area contributed by atoms with Crippen LogP contribution in [0.15, 0.2) is 24.3 Å². The standard InChI is InChI=1S/C22H36N4O3/c1-5-10-17-11-7-8-12-18(17)13-9-14-23-22(29)19(16-26(3)4)25-21(28)15-24-20(27)6-2/h7-8,11-12,19H,5-6,9-10,13-16H2,1-4H3,(H,23,29)(H,24,27)(H,25,28). The molecule has 29 heavy (non-hydrogen) atoms. The average molecular weight is 405 g/mol. The zero-order valence-electron chi connectivity index (χ0n) is 18.2. The first-order chi connectivity index (χ1) is 13.9. The Bertz CT molecular complexity index is 661. The van der Waals surface area contributed by atoms with Crippen LogP contribution in [0.5, 0.6) is 0 Å². The zero-order valence-corrected chi connectivity index (χ0v) is 18.2. The molecule has 162 valence electrons. The molecule has 3 N–H and O–H groups in total. The van der Waals surface area contributed by atoms with Crippen LogP contribution in [-0.2, 0) is 27.2 Å². The maximum Gasteiger partial charge on any atom is 0.243 e. The van der Waals surface area contributed by atoms with Crippen LogP contribution < -0.4 is 16.0 Å². The predicted molar refractivity (Wildman–Crippen MR) is 116 cm³/mol. The van der Waals surface area contributed by atoms with E-state index >= 15 is 0 Å². The molecule has 0 spiro atoms. The number of carbonyl (C=O) groups is 3. The van der Waals surface area contributed by atoms with Gasteiger partial charge in [-0.2, -0.15) is 0 Å². The van der Waals surface area contributed by atoms with E-state index in [0.29, 0.717) is 19.5 Å². The first-order valence-corrected chi connectivity index (χ1v) is 10.4. The van der Waals surface area contributed by atoms with E-state index in [2.05, 4.69) is 41.1 Å². The molecule has 7 heteroatoms. The molecule has 0 heterocycles. The second-order valence-corrected chi connectivity index (χ2v) is 7.43. The van der Waals surface area contributed by atoms with Crippen molar-refractivity contribution in [1.29, 1.82) is 0 Å². The molecular weight excluding hydrogens is 368 g/mol. The van der Waals surface area contributed by atoms with Crippen molar-refractivity contribution < 1.29 is 14.4 Å². The number of nitrogens with one attached hydrogen (secondary N) is 3. The summed E-state index contributed by atoms with van der Waals surface area (Å²) >= 11 is 0. The van der Waals surface area contributed by atoms with Crippen molar-refractivity contribution in [2.24, 2.45) is 0 Å². The lowest BCUT2D eigenvalue weighted by Crippen LogP contribution is -2.53. The minimum atomic E-state index is -0.664. The van der Waals surface area contributed by atoms with E-state index in [-0.39, 0.29) is 24.3 Å². The molecule has 0 fully saturated rings. The number of carbonyl (C=O) groups excluding carboxylic acids is 3. The summed E-state index contributed by atoms with van der Waals surface area (Å²) in [6, 6.07) is 7.76. The fourth-order valence-electron chi connectivity index (χ4n) is 3.04. The summed E-state index contributed by atoms with van der Waals surface area (Å²) in [6.07, 6.45) is 4.23. The molecule has 7 nitrogen and oxygen atoms in total. The monoisotopic (exact) mass is 404 g/mol. The Labute approximate surface area is 174 Å². The van der Waals surface area contributed by atoms with Crippen molar-refractivity contribution in [2.45, 2.75) is 52.0 Å². The van der Waals surface area contributed by atoms with Crippen molar-refractivity contribution in [1.82, 2.24) is 20.9 Å². The van der Waals surface area contributed by atoms with Gasteiger partial charge in [0.15, 0.2) is 0 Å². The topological polar surface area (TPSA) is 90.5 Å². The molecule has 3 amide bonds. The van der Waals surface area contributed by atoms with E-state index in [9.17, 15) is 14.4 Å². The van der Waals surface area contributed by atoms with Gasteiger partial charge in [-0.25, -0.2) is 0 Å². The first-order valence-electron chi connectivity index (χ1n) is 10.4. The molecule has 1 aromatic rings. The summed E-state index contributed by atoms with van der Waals surface area (Å²) in [4.78, 5) is 37.7. The average Bonchev–Trinajstić information content (AvgIpc) is 2.69. The summed E-state index contributed by atoms with van der Waals surface area (Å²) in [6.45, 7) is 4.70. The van der Waals surface area contributed by atoms with Crippen molar-refractivity contribution in [3.63, 3.8) is 0 Å². The normalized spacial score (nSPS) is 11.8. The Hall–Kier alpha value is -2.41. The fraction of sp³-hybridized carbons (Fsp3) is 0.591. The van der Waals surface area contributed by atoms with Gasteiger partial charge in [0.2, 0.25) is 17.7 Å². The van der Waals surface area contributed by atoms with Gasteiger partial charge >= 0.3 is 0 Å². The smallest absolute Gasteiger partial charge is 0.243 e. The van der Waals surface area contributed by atoms with E-state index in [1.165, 1.54) is 11.1 Å². The fourth-order valence-corrected chi connectivity index (χ4v) is 3.04. The van der Waals surface area contributed by atoms with Crippen LogP contribution >= 0.6 is 0 Å². The summed E-state index contributed by atoms with van der Waals surface area (Å²) in [5, 5.41) is 8.15. The SMILES string of the molecule is CCCc1ccccc1CCCNC(=O)C(CN(C)C)NC(=O)CNC(=O)CC. The number of hydrogen-bond donors (Lipinski definition) is 3. The summed E-state index contributed by atoms with van der Waals surface area (Å²) in [5.41, 5.74) is 2.70. The highest BCUT2D eigenvalue weighted by Gasteiger charge is 2.21. The Balaban J connectivity index is 2.49. The highest BCUT2D eigenvalue weighted by Crippen LogP contribution is 2.12. The van der Waals surface area contributed by atoms with Crippen LogP contribution in [0.25, 0.3) is 0 Å². The Morgan fingerprint density at radius 1 is 0.966 bits per heavy atom. The van der Waals surface area contributed by atoms with Crippen LogP contribution in [0, 0.1) is 0 Å². The van der Waals surface area contributed by atoms with E-state index in [1.54, 1.807) is 6.92 Å². The van der Waals surface area contributed by atoms with Crippen molar-refractivity contribution >= 4 is 17.7 Å². The van der Waals surface area contributed by atoms with Gasteiger partial charge in [-0.3, -0.25) is 14.4 Å². The van der Waals surface area contributed by atoms with Gasteiger partial charge in [0.25, 0.3) is 0 Å². The van der Waals surface area contributed by atoms with Gasteiger partial charge in [-0.15, -0.1) is 0 Å². The third-order valence-corrected chi connectivity index (χ3v) is 4.53. The van der Waals surface area contributed by atoms with Gasteiger partial charge in [-0.05, 0) is 44.5 Å². The van der Waals surface area contributed by atoms with Crippen molar-refractivity contribution in [3.8, 4) is 0 Å². The molecule has 0 bridgehead atoms. The molecule has 0 aliphatic heterocycles. The number of likely N-dealkylation sites (N-methyl/N-ethyl adjacent to an activating group) is 1. The third kappa shape index (κ3) is 10.1. The molecule has 0 saturated heterocycles. The zero-order chi connectivity index (χ0) is 21.6. The lowest BCUT2D eigenvalue weighted by molar-refractivity contribution is -0.130. The highest BCUT2D eigenvalue weighted by molar-refractivity contribution is 5.90. The van der Waals surface area contributed by atoms with E-state index < -0.39 is 6.04 Å². The maximum absolute atomic E-state index is 12.5. The molecule has 0 aliphatic carbocycles. The molecule has 0 saturated carbocycles. The molecule has 0 aromatic heterocycles. The van der Waals surface area contributed by atoms with E-state index in [1.807, 2.05) is 25.1 Å². The number of hydrogen-bond acceptors (Lipinski definition) is 4. The maximum atomic E-state index is 12.5. The molecule has 1 aromatic carbocycles. The first kappa shape index (κ1) is 24.6. The second kappa shape index (κ2) is 13.7. The largest absolute Gasteiger partial charge is 0.354 e. The summed E-state index contributed by atoms with van der Waals surface area (Å²) < 4.78 is 0. The Morgan fingerprint density at radius 2 is 1.62 bits per heavy atom. The van der Waals surface area contributed by atoms with Crippen molar-refractivity contribution in [3.05, 3.63) is 35.4 Å². The predicted octanol–water partition coefficient (Wildman–Crippen LogP) is 1.26. The third-order valence-electron chi connectivity index (χ3n) is 4.53. The minimum absolute atomic E-state index is 0.127. The molecule has 0 radical (unpaired) electrons. The minimum Gasteiger partial charge on any atom is -0.354 e. The lowest BCUT2D eigenvalue weighted by Gasteiger charge is -2.22. The van der Waals surface area contributed by atoms with E-state index in [4.69, 9.17) is 0 Å². The number of rotatable bonds is 13. The molecule has 0 aliphatic rings. The molecule has 1 atom stereocenters. The van der Waals surface area contributed by atoms with Crippen LogP contribution in [0.3, 0.4) is 0 Å². The number of nitrogens with zero attached hydrogens (tertiary/aromatic N) is 1. The lowest BCUT2D eigenvalue weighted by atomic mass is 9.99. The molecule has 1 unspecified atom stereocenters. The second-order valence-electron chi connectivity index (χ2n) is 7.43. The van der Waals surface area contributed by atoms with Gasteiger partial charge in [-0.1, -0.05) is 44.5 Å². The quantitative estimate of drug-likeness (QED) is 0.432.